The minimum absolute atomic E-state index is 0.249. The number of aliphatic hydroxyl groups excluding tert-OH is 1. The van der Waals surface area contributed by atoms with Crippen molar-refractivity contribution in [1.82, 2.24) is 0 Å². The summed E-state index contributed by atoms with van der Waals surface area (Å²) in [5.74, 6) is -0.642. The highest BCUT2D eigenvalue weighted by molar-refractivity contribution is 8.00. The molecule has 1 aliphatic carbocycles. The quantitative estimate of drug-likeness (QED) is 0.845. The molecule has 1 aliphatic rings. The van der Waals surface area contributed by atoms with E-state index in [1.54, 1.807) is 30.8 Å². The Hall–Kier alpha value is -0.710. The van der Waals surface area contributed by atoms with E-state index in [1.807, 2.05) is 6.07 Å². The van der Waals surface area contributed by atoms with Gasteiger partial charge in [-0.3, -0.25) is 0 Å². The molecule has 1 aromatic rings. The Labute approximate surface area is 115 Å². The van der Waals surface area contributed by atoms with Gasteiger partial charge in [0.2, 0.25) is 0 Å². The van der Waals surface area contributed by atoms with Crippen LogP contribution in [-0.4, -0.2) is 22.9 Å². The number of hydrogen-bond acceptors (Lipinski definition) is 4. The largest absolute Gasteiger partial charge is 0.464 e. The maximum absolute atomic E-state index is 11.4. The standard InChI is InChI=1S/C13H15ClO3S/c1-2-17-13(16)12(15)8-3-6-11(10(14)7-8)18-9-4-5-9/h3,6-7,9,12,15H,2,4-5H2,1H3. The molecule has 98 valence electrons. The van der Waals surface area contributed by atoms with Gasteiger partial charge in [-0.05, 0) is 37.5 Å². The summed E-state index contributed by atoms with van der Waals surface area (Å²) in [5.41, 5.74) is 0.471. The third-order valence-electron chi connectivity index (χ3n) is 2.60. The average molecular weight is 287 g/mol. The van der Waals surface area contributed by atoms with Crippen LogP contribution >= 0.6 is 23.4 Å². The predicted octanol–water partition coefficient (Wildman–Crippen LogP) is 3.19. The fraction of sp³-hybridized carbons (Fsp3) is 0.462. The highest BCUT2D eigenvalue weighted by atomic mass is 35.5. The van der Waals surface area contributed by atoms with Gasteiger partial charge in [-0.1, -0.05) is 17.7 Å². The molecule has 0 bridgehead atoms. The van der Waals surface area contributed by atoms with E-state index in [4.69, 9.17) is 16.3 Å². The highest BCUT2D eigenvalue weighted by Crippen LogP contribution is 2.42. The first-order valence-corrected chi connectivity index (χ1v) is 7.18. The molecular weight excluding hydrogens is 272 g/mol. The van der Waals surface area contributed by atoms with Gasteiger partial charge < -0.3 is 9.84 Å². The normalized spacial score (nSPS) is 16.4. The minimum Gasteiger partial charge on any atom is -0.464 e. The lowest BCUT2D eigenvalue weighted by atomic mass is 10.1. The first-order chi connectivity index (χ1) is 8.61. The number of carbonyl (C=O) groups is 1. The van der Waals surface area contributed by atoms with Crippen LogP contribution < -0.4 is 0 Å². The first kappa shape index (κ1) is 13.7. The fourth-order valence-electron chi connectivity index (χ4n) is 1.51. The van der Waals surface area contributed by atoms with E-state index in [2.05, 4.69) is 0 Å². The molecule has 0 heterocycles. The number of hydrogen-bond donors (Lipinski definition) is 1. The third kappa shape index (κ3) is 3.40. The molecule has 2 rings (SSSR count). The highest BCUT2D eigenvalue weighted by Gasteiger charge is 2.24. The molecule has 3 nitrogen and oxygen atoms in total. The van der Waals surface area contributed by atoms with Crippen molar-refractivity contribution in [3.8, 4) is 0 Å². The molecule has 0 spiro atoms. The summed E-state index contributed by atoms with van der Waals surface area (Å²) in [7, 11) is 0. The molecule has 1 atom stereocenters. The number of esters is 1. The van der Waals surface area contributed by atoms with Gasteiger partial charge in [0.05, 0.1) is 11.6 Å². The molecule has 0 aliphatic heterocycles. The zero-order chi connectivity index (χ0) is 13.1. The van der Waals surface area contributed by atoms with Crippen LogP contribution in [0.5, 0.6) is 0 Å². The van der Waals surface area contributed by atoms with Crippen LogP contribution in [0.25, 0.3) is 0 Å². The van der Waals surface area contributed by atoms with Crippen molar-refractivity contribution in [2.75, 3.05) is 6.61 Å². The molecule has 0 aromatic heterocycles. The summed E-state index contributed by atoms with van der Waals surface area (Å²) < 4.78 is 4.77. The van der Waals surface area contributed by atoms with E-state index in [-0.39, 0.29) is 6.61 Å². The minimum atomic E-state index is -1.26. The Bertz CT molecular complexity index is 446. The molecular formula is C13H15ClO3S. The van der Waals surface area contributed by atoms with Crippen molar-refractivity contribution in [3.05, 3.63) is 28.8 Å². The van der Waals surface area contributed by atoms with Crippen molar-refractivity contribution in [2.24, 2.45) is 0 Å². The lowest BCUT2D eigenvalue weighted by Crippen LogP contribution is -2.15. The molecule has 0 amide bonds. The topological polar surface area (TPSA) is 46.5 Å². The van der Waals surface area contributed by atoms with Gasteiger partial charge in [0.15, 0.2) is 6.10 Å². The number of carbonyl (C=O) groups excluding carboxylic acids is 1. The summed E-state index contributed by atoms with van der Waals surface area (Å²) in [5, 5.41) is 11.0. The summed E-state index contributed by atoms with van der Waals surface area (Å²) in [6.07, 6.45) is 1.20. The van der Waals surface area contributed by atoms with Crippen molar-refractivity contribution < 1.29 is 14.6 Å². The molecule has 18 heavy (non-hydrogen) atoms. The molecule has 5 heteroatoms. The van der Waals surface area contributed by atoms with Gasteiger partial charge >= 0.3 is 5.97 Å². The van der Waals surface area contributed by atoms with Gasteiger partial charge in [0.25, 0.3) is 0 Å². The molecule has 1 saturated carbocycles. The summed E-state index contributed by atoms with van der Waals surface area (Å²) in [6, 6.07) is 5.20. The molecule has 1 fully saturated rings. The van der Waals surface area contributed by atoms with E-state index in [1.165, 1.54) is 12.8 Å². The number of thioether (sulfide) groups is 1. The first-order valence-electron chi connectivity index (χ1n) is 5.92. The Morgan fingerprint density at radius 1 is 1.61 bits per heavy atom. The van der Waals surface area contributed by atoms with Crippen LogP contribution in [0.2, 0.25) is 5.02 Å². The molecule has 1 unspecified atom stereocenters. The number of benzene rings is 1. The van der Waals surface area contributed by atoms with Gasteiger partial charge in [-0.2, -0.15) is 0 Å². The van der Waals surface area contributed by atoms with Crippen LogP contribution in [0.1, 0.15) is 31.4 Å². The lowest BCUT2D eigenvalue weighted by molar-refractivity contribution is -0.153. The van der Waals surface area contributed by atoms with E-state index < -0.39 is 12.1 Å². The number of ether oxygens (including phenoxy) is 1. The molecule has 0 saturated heterocycles. The van der Waals surface area contributed by atoms with Crippen molar-refractivity contribution >= 4 is 29.3 Å². The zero-order valence-corrected chi connectivity index (χ0v) is 11.6. The van der Waals surface area contributed by atoms with Crippen molar-refractivity contribution in [2.45, 2.75) is 36.0 Å². The van der Waals surface area contributed by atoms with Crippen LogP contribution in [0.15, 0.2) is 23.1 Å². The Balaban J connectivity index is 2.09. The number of halogens is 1. The molecule has 0 radical (unpaired) electrons. The second-order valence-corrected chi connectivity index (χ2v) is 5.91. The van der Waals surface area contributed by atoms with Crippen LogP contribution in [0, 0.1) is 0 Å². The van der Waals surface area contributed by atoms with E-state index >= 15 is 0 Å². The van der Waals surface area contributed by atoms with Crippen LogP contribution in [0.3, 0.4) is 0 Å². The maximum atomic E-state index is 11.4. The molecule has 1 N–H and O–H groups in total. The Kier molecular flexibility index (Phi) is 4.54. The number of aliphatic hydroxyl groups is 1. The van der Waals surface area contributed by atoms with Crippen molar-refractivity contribution in [3.63, 3.8) is 0 Å². The van der Waals surface area contributed by atoms with Crippen LogP contribution in [-0.2, 0) is 9.53 Å². The third-order valence-corrected chi connectivity index (χ3v) is 4.44. The second-order valence-electron chi connectivity index (χ2n) is 4.16. The van der Waals surface area contributed by atoms with E-state index in [0.29, 0.717) is 15.8 Å². The summed E-state index contributed by atoms with van der Waals surface area (Å²) >= 11 is 7.89. The van der Waals surface area contributed by atoms with E-state index in [9.17, 15) is 9.90 Å². The Morgan fingerprint density at radius 2 is 2.33 bits per heavy atom. The van der Waals surface area contributed by atoms with E-state index in [0.717, 1.165) is 4.90 Å². The zero-order valence-electron chi connectivity index (χ0n) is 10.1. The average Bonchev–Trinajstić information content (AvgIpc) is 3.15. The van der Waals surface area contributed by atoms with Crippen LogP contribution in [0.4, 0.5) is 0 Å². The van der Waals surface area contributed by atoms with Gasteiger partial charge in [0, 0.05) is 10.1 Å². The van der Waals surface area contributed by atoms with Gasteiger partial charge in [-0.15, -0.1) is 11.8 Å². The monoisotopic (exact) mass is 286 g/mol. The Morgan fingerprint density at radius 3 is 2.89 bits per heavy atom. The second kappa shape index (κ2) is 5.95. The summed E-state index contributed by atoms with van der Waals surface area (Å²) in [6.45, 7) is 1.95. The maximum Gasteiger partial charge on any atom is 0.339 e. The smallest absolute Gasteiger partial charge is 0.339 e. The van der Waals surface area contributed by atoms with Gasteiger partial charge in [0.1, 0.15) is 0 Å². The molecule has 1 aromatic carbocycles. The van der Waals surface area contributed by atoms with Gasteiger partial charge in [-0.25, -0.2) is 4.79 Å². The van der Waals surface area contributed by atoms with Crippen molar-refractivity contribution in [1.29, 1.82) is 0 Å². The summed E-state index contributed by atoms with van der Waals surface area (Å²) in [4.78, 5) is 12.4. The fourth-order valence-corrected chi connectivity index (χ4v) is 2.88. The number of rotatable bonds is 5. The lowest BCUT2D eigenvalue weighted by Gasteiger charge is -2.11. The predicted molar refractivity (Wildman–Crippen MR) is 71.9 cm³/mol. The SMILES string of the molecule is CCOC(=O)C(O)c1ccc(SC2CC2)c(Cl)c1.